The Balaban J connectivity index is 1.38. The molecule has 1 saturated carbocycles. The van der Waals surface area contributed by atoms with Gasteiger partial charge in [-0.2, -0.15) is 0 Å². The van der Waals surface area contributed by atoms with Crippen molar-refractivity contribution in [2.24, 2.45) is 5.92 Å². The Hall–Kier alpha value is -0.800. The predicted molar refractivity (Wildman–Crippen MR) is 60.7 cm³/mol. The van der Waals surface area contributed by atoms with Crippen LogP contribution in [0.3, 0.4) is 0 Å². The Kier molecular flexibility index (Phi) is 4.23. The number of ether oxygens (including phenoxy) is 1. The van der Waals surface area contributed by atoms with Gasteiger partial charge >= 0.3 is 0 Å². The summed E-state index contributed by atoms with van der Waals surface area (Å²) in [6.07, 6.45) is 7.85. The summed E-state index contributed by atoms with van der Waals surface area (Å²) in [5.41, 5.74) is 1.31. The molecule has 3 nitrogen and oxygen atoms in total. The number of hydrogen-bond donors (Lipinski definition) is 2. The Bertz CT molecular complexity index is 255. The van der Waals surface area contributed by atoms with Gasteiger partial charge in [0.2, 0.25) is 0 Å². The molecule has 1 aliphatic carbocycles. The molecule has 0 atom stereocenters. The van der Waals surface area contributed by atoms with E-state index < -0.39 is 0 Å². The first-order valence-electron chi connectivity index (χ1n) is 5.85. The number of H-pyrrole nitrogens is 1. The van der Waals surface area contributed by atoms with Crippen molar-refractivity contribution in [3.63, 3.8) is 0 Å². The normalized spacial score (nSPS) is 15.7. The van der Waals surface area contributed by atoms with Gasteiger partial charge in [-0.3, -0.25) is 0 Å². The van der Waals surface area contributed by atoms with E-state index in [4.69, 9.17) is 4.74 Å². The predicted octanol–water partition coefficient (Wildman–Crippen LogP) is 1.92. The van der Waals surface area contributed by atoms with Crippen LogP contribution in [0.15, 0.2) is 18.5 Å². The van der Waals surface area contributed by atoms with E-state index in [0.717, 1.165) is 38.6 Å². The van der Waals surface area contributed by atoms with Crippen molar-refractivity contribution < 1.29 is 4.74 Å². The van der Waals surface area contributed by atoms with Crippen LogP contribution in [-0.4, -0.2) is 24.7 Å². The van der Waals surface area contributed by atoms with Gasteiger partial charge in [0.15, 0.2) is 0 Å². The van der Waals surface area contributed by atoms with Crippen molar-refractivity contribution in [3.05, 3.63) is 24.0 Å². The maximum Gasteiger partial charge on any atom is 0.0494 e. The Morgan fingerprint density at radius 2 is 2.40 bits per heavy atom. The maximum atomic E-state index is 5.55. The lowest BCUT2D eigenvalue weighted by molar-refractivity contribution is 0.122. The SMILES string of the molecule is c1cc(CNCCCOCC2CC2)c[nH]1. The molecule has 3 heteroatoms. The molecule has 15 heavy (non-hydrogen) atoms. The summed E-state index contributed by atoms with van der Waals surface area (Å²) < 4.78 is 5.55. The fourth-order valence-electron chi connectivity index (χ4n) is 1.53. The number of aromatic amines is 1. The topological polar surface area (TPSA) is 37.0 Å². The molecule has 1 aliphatic rings. The van der Waals surface area contributed by atoms with Crippen LogP contribution in [0, 0.1) is 5.92 Å². The van der Waals surface area contributed by atoms with Crippen LogP contribution in [0.4, 0.5) is 0 Å². The lowest BCUT2D eigenvalue weighted by Crippen LogP contribution is -2.16. The fraction of sp³-hybridized carbons (Fsp3) is 0.667. The van der Waals surface area contributed by atoms with Crippen LogP contribution < -0.4 is 5.32 Å². The summed E-state index contributed by atoms with van der Waals surface area (Å²) in [5, 5.41) is 3.39. The van der Waals surface area contributed by atoms with Crippen LogP contribution in [-0.2, 0) is 11.3 Å². The lowest BCUT2D eigenvalue weighted by atomic mass is 10.3. The van der Waals surface area contributed by atoms with Gasteiger partial charge in [-0.15, -0.1) is 0 Å². The van der Waals surface area contributed by atoms with Crippen molar-refractivity contribution in [2.45, 2.75) is 25.8 Å². The second kappa shape index (κ2) is 5.93. The van der Waals surface area contributed by atoms with E-state index in [1.54, 1.807) is 0 Å². The van der Waals surface area contributed by atoms with Crippen molar-refractivity contribution >= 4 is 0 Å². The van der Waals surface area contributed by atoms with Gasteiger partial charge in [0.25, 0.3) is 0 Å². The van der Waals surface area contributed by atoms with Gasteiger partial charge in [-0.05, 0) is 43.4 Å². The molecule has 2 rings (SSSR count). The molecule has 0 spiro atoms. The molecule has 1 heterocycles. The smallest absolute Gasteiger partial charge is 0.0494 e. The van der Waals surface area contributed by atoms with E-state index in [-0.39, 0.29) is 0 Å². The summed E-state index contributed by atoms with van der Waals surface area (Å²) in [6.45, 7) is 3.87. The Morgan fingerprint density at radius 1 is 1.47 bits per heavy atom. The first kappa shape index (κ1) is 10.7. The average molecular weight is 208 g/mol. The van der Waals surface area contributed by atoms with Crippen LogP contribution in [0.5, 0.6) is 0 Å². The largest absolute Gasteiger partial charge is 0.381 e. The standard InChI is InChI=1S/C12H20N2O/c1(7-15-10-11-2-3-11)5-13-8-12-4-6-14-9-12/h4,6,9,11,13-14H,1-3,5,7-8,10H2. The van der Waals surface area contributed by atoms with Gasteiger partial charge in [-0.1, -0.05) is 0 Å². The summed E-state index contributed by atoms with van der Waals surface area (Å²) in [5.74, 6) is 0.887. The number of rotatable bonds is 8. The molecule has 0 aromatic carbocycles. The highest BCUT2D eigenvalue weighted by Crippen LogP contribution is 2.28. The van der Waals surface area contributed by atoms with E-state index in [1.165, 1.54) is 18.4 Å². The number of hydrogen-bond acceptors (Lipinski definition) is 2. The fourth-order valence-corrected chi connectivity index (χ4v) is 1.53. The first-order chi connectivity index (χ1) is 7.45. The highest BCUT2D eigenvalue weighted by atomic mass is 16.5. The Labute approximate surface area is 91.2 Å². The summed E-state index contributed by atoms with van der Waals surface area (Å²) >= 11 is 0. The average Bonchev–Trinajstić information content (AvgIpc) is 2.92. The van der Waals surface area contributed by atoms with Crippen LogP contribution in [0.1, 0.15) is 24.8 Å². The second-order valence-corrected chi connectivity index (χ2v) is 4.27. The summed E-state index contributed by atoms with van der Waals surface area (Å²) in [7, 11) is 0. The summed E-state index contributed by atoms with van der Waals surface area (Å²) in [4.78, 5) is 3.05. The van der Waals surface area contributed by atoms with E-state index in [9.17, 15) is 0 Å². The van der Waals surface area contributed by atoms with Crippen LogP contribution in [0.2, 0.25) is 0 Å². The van der Waals surface area contributed by atoms with Gasteiger partial charge in [-0.25, -0.2) is 0 Å². The van der Waals surface area contributed by atoms with E-state index in [1.807, 2.05) is 12.4 Å². The number of aromatic nitrogens is 1. The summed E-state index contributed by atoms with van der Waals surface area (Å²) in [6, 6.07) is 2.09. The molecule has 1 aromatic rings. The van der Waals surface area contributed by atoms with Crippen molar-refractivity contribution in [3.8, 4) is 0 Å². The highest BCUT2D eigenvalue weighted by molar-refractivity contribution is 5.07. The van der Waals surface area contributed by atoms with Gasteiger partial charge in [0, 0.05) is 32.2 Å². The molecule has 1 aromatic heterocycles. The second-order valence-electron chi connectivity index (χ2n) is 4.27. The zero-order valence-corrected chi connectivity index (χ0v) is 9.17. The monoisotopic (exact) mass is 208 g/mol. The van der Waals surface area contributed by atoms with Gasteiger partial charge in [0.05, 0.1) is 0 Å². The molecule has 0 saturated heterocycles. The molecule has 0 unspecified atom stereocenters. The molecule has 0 radical (unpaired) electrons. The van der Waals surface area contributed by atoms with Gasteiger partial charge in [0.1, 0.15) is 0 Å². The molecule has 2 N–H and O–H groups in total. The third-order valence-electron chi connectivity index (χ3n) is 2.68. The van der Waals surface area contributed by atoms with Crippen LogP contribution in [0.25, 0.3) is 0 Å². The third-order valence-corrected chi connectivity index (χ3v) is 2.68. The molecular formula is C12H20N2O. The van der Waals surface area contributed by atoms with Crippen molar-refractivity contribution in [2.75, 3.05) is 19.8 Å². The van der Waals surface area contributed by atoms with Crippen molar-refractivity contribution in [1.29, 1.82) is 0 Å². The quantitative estimate of drug-likeness (QED) is 0.640. The molecule has 84 valence electrons. The van der Waals surface area contributed by atoms with E-state index >= 15 is 0 Å². The minimum Gasteiger partial charge on any atom is -0.381 e. The molecule has 1 fully saturated rings. The zero-order valence-electron chi connectivity index (χ0n) is 9.17. The van der Waals surface area contributed by atoms with E-state index in [2.05, 4.69) is 16.4 Å². The van der Waals surface area contributed by atoms with E-state index in [0.29, 0.717) is 0 Å². The minimum absolute atomic E-state index is 0.887. The van der Waals surface area contributed by atoms with Crippen LogP contribution >= 0.6 is 0 Å². The third kappa shape index (κ3) is 4.49. The molecular weight excluding hydrogens is 188 g/mol. The zero-order chi connectivity index (χ0) is 10.3. The molecule has 0 amide bonds. The lowest BCUT2D eigenvalue weighted by Gasteiger charge is -2.04. The molecule has 0 aliphatic heterocycles. The molecule has 0 bridgehead atoms. The minimum atomic E-state index is 0.887. The highest BCUT2D eigenvalue weighted by Gasteiger charge is 2.20. The Morgan fingerprint density at radius 3 is 3.13 bits per heavy atom. The number of nitrogens with one attached hydrogen (secondary N) is 2. The van der Waals surface area contributed by atoms with Gasteiger partial charge < -0.3 is 15.0 Å². The first-order valence-corrected chi connectivity index (χ1v) is 5.85. The van der Waals surface area contributed by atoms with Crippen molar-refractivity contribution in [1.82, 2.24) is 10.3 Å². The maximum absolute atomic E-state index is 5.55.